The molecule has 66 heavy (non-hydrogen) atoms. The van der Waals surface area contributed by atoms with Gasteiger partial charge in [-0.05, 0) is 77.0 Å². The van der Waals surface area contributed by atoms with Crippen molar-refractivity contribution in [2.75, 3.05) is 47.5 Å². The highest BCUT2D eigenvalue weighted by Crippen LogP contribution is 2.43. The van der Waals surface area contributed by atoms with Gasteiger partial charge in [-0.2, -0.15) is 0 Å². The van der Waals surface area contributed by atoms with E-state index in [9.17, 15) is 19.0 Å². The van der Waals surface area contributed by atoms with Gasteiger partial charge in [0.1, 0.15) is 19.8 Å². The minimum absolute atomic E-state index is 0.0299. The molecule has 0 aromatic rings. The fourth-order valence-electron chi connectivity index (χ4n) is 7.35. The van der Waals surface area contributed by atoms with Gasteiger partial charge in [0.2, 0.25) is 0 Å². The van der Waals surface area contributed by atoms with Gasteiger partial charge in [0, 0.05) is 12.8 Å². The lowest BCUT2D eigenvalue weighted by Crippen LogP contribution is -2.37. The topological polar surface area (TPSA) is 108 Å². The van der Waals surface area contributed by atoms with Gasteiger partial charge >= 0.3 is 19.8 Å². The number of phosphoric acid groups is 1. The van der Waals surface area contributed by atoms with Crippen molar-refractivity contribution < 1.29 is 42.1 Å². The first-order chi connectivity index (χ1) is 32.0. The molecular formula is C56H103NO8P+. The lowest BCUT2D eigenvalue weighted by Gasteiger charge is -2.24. The van der Waals surface area contributed by atoms with Crippen molar-refractivity contribution in [3.63, 3.8) is 0 Å². The fraction of sp³-hybridized carbons (Fsp3) is 0.786. The number of carbonyl (C=O) groups is 2. The molecule has 0 radical (unpaired) electrons. The second-order valence-electron chi connectivity index (χ2n) is 19.2. The largest absolute Gasteiger partial charge is 0.472 e. The minimum atomic E-state index is -4.38. The van der Waals surface area contributed by atoms with Crippen LogP contribution in [0, 0.1) is 0 Å². The summed E-state index contributed by atoms with van der Waals surface area (Å²) in [4.78, 5) is 35.5. The minimum Gasteiger partial charge on any atom is -0.462 e. The van der Waals surface area contributed by atoms with Crippen molar-refractivity contribution in [1.82, 2.24) is 0 Å². The molecule has 0 saturated heterocycles. The number of phosphoric ester groups is 1. The zero-order chi connectivity index (χ0) is 48.5. The van der Waals surface area contributed by atoms with Gasteiger partial charge in [0.05, 0.1) is 27.7 Å². The molecule has 2 unspecified atom stereocenters. The van der Waals surface area contributed by atoms with Crippen LogP contribution < -0.4 is 0 Å². The first-order valence-electron chi connectivity index (χ1n) is 27.0. The van der Waals surface area contributed by atoms with E-state index in [4.69, 9.17) is 18.5 Å². The number of likely N-dealkylation sites (N-methyl/N-ethyl adjacent to an activating group) is 1. The molecule has 0 rings (SSSR count). The molecular weight excluding hydrogens is 846 g/mol. The maximum Gasteiger partial charge on any atom is 0.472 e. The number of ether oxygens (including phenoxy) is 2. The SMILES string of the molecule is CC/C=C\C/C=C\C/C=C\C/C=C\CCCCCCCCCCCCCCCCCCC(=O)OC(COC(=O)CCCCCCC/C=C\CCCCCC)COP(=O)(O)OCC[N+](C)(C)C. The molecule has 0 saturated carbocycles. The van der Waals surface area contributed by atoms with Gasteiger partial charge in [-0.15, -0.1) is 0 Å². The second-order valence-corrected chi connectivity index (χ2v) is 20.7. The van der Waals surface area contributed by atoms with Gasteiger partial charge in [0.25, 0.3) is 0 Å². The van der Waals surface area contributed by atoms with Crippen LogP contribution in [0.25, 0.3) is 0 Å². The molecule has 2 atom stereocenters. The van der Waals surface area contributed by atoms with Crippen LogP contribution in [0.1, 0.15) is 232 Å². The van der Waals surface area contributed by atoms with E-state index >= 15 is 0 Å². The van der Waals surface area contributed by atoms with E-state index in [2.05, 4.69) is 74.6 Å². The van der Waals surface area contributed by atoms with Gasteiger partial charge in [-0.3, -0.25) is 18.6 Å². The van der Waals surface area contributed by atoms with E-state index in [0.29, 0.717) is 17.4 Å². The van der Waals surface area contributed by atoms with Crippen LogP contribution in [-0.2, 0) is 32.7 Å². The first kappa shape index (κ1) is 63.7. The predicted octanol–water partition coefficient (Wildman–Crippen LogP) is 16.4. The average molecular weight is 949 g/mol. The Hall–Kier alpha value is -2.29. The van der Waals surface area contributed by atoms with E-state index in [1.54, 1.807) is 0 Å². The Balaban J connectivity index is 4.10. The van der Waals surface area contributed by atoms with Crippen LogP contribution in [0.4, 0.5) is 0 Å². The number of rotatable bonds is 49. The van der Waals surface area contributed by atoms with Crippen LogP contribution in [0.5, 0.6) is 0 Å². The highest BCUT2D eigenvalue weighted by atomic mass is 31.2. The highest BCUT2D eigenvalue weighted by Gasteiger charge is 2.27. The predicted molar refractivity (Wildman–Crippen MR) is 279 cm³/mol. The van der Waals surface area contributed by atoms with Crippen molar-refractivity contribution >= 4 is 19.8 Å². The summed E-state index contributed by atoms with van der Waals surface area (Å²) >= 11 is 0. The van der Waals surface area contributed by atoms with Gasteiger partial charge in [-0.1, -0.05) is 203 Å². The summed E-state index contributed by atoms with van der Waals surface area (Å²) in [5.74, 6) is -0.804. The van der Waals surface area contributed by atoms with E-state index in [1.165, 1.54) is 122 Å². The Kier molecular flexibility index (Phi) is 46.1. The summed E-state index contributed by atoms with van der Waals surface area (Å²) in [6.45, 7) is 4.30. The third kappa shape index (κ3) is 51.1. The van der Waals surface area contributed by atoms with Crippen molar-refractivity contribution in [1.29, 1.82) is 0 Å². The number of allylic oxidation sites excluding steroid dienone is 10. The van der Waals surface area contributed by atoms with Crippen LogP contribution in [0.15, 0.2) is 60.8 Å². The Bertz CT molecular complexity index is 1300. The molecule has 0 bridgehead atoms. The summed E-state index contributed by atoms with van der Waals surface area (Å²) in [5.41, 5.74) is 0. The Morgan fingerprint density at radius 3 is 1.30 bits per heavy atom. The maximum atomic E-state index is 12.8. The highest BCUT2D eigenvalue weighted by molar-refractivity contribution is 7.47. The molecule has 0 fully saturated rings. The summed E-state index contributed by atoms with van der Waals surface area (Å²) < 4.78 is 34.5. The standard InChI is InChI=1S/C56H102NO8P/c1-6-8-10-12-14-16-18-20-21-22-23-24-25-26-27-28-29-30-31-32-33-34-35-37-39-41-43-45-47-49-56(59)65-54(53-64-66(60,61)63-51-50-57(3,4)5)52-62-55(58)48-46-44-42-40-38-36-19-17-15-13-11-9-7-2/h8,10,14,16-17,19-21,23-24,54H,6-7,9,11-13,15,18,22,25-53H2,1-5H3/p+1/b10-8-,16-14-,19-17-,21-20-,24-23-. The number of carbonyl (C=O) groups excluding carboxylic acids is 2. The molecule has 0 aliphatic heterocycles. The zero-order valence-electron chi connectivity index (χ0n) is 43.4. The average Bonchev–Trinajstić information content (AvgIpc) is 3.27. The van der Waals surface area contributed by atoms with Crippen molar-refractivity contribution in [2.24, 2.45) is 0 Å². The summed E-state index contributed by atoms with van der Waals surface area (Å²) in [7, 11) is 1.47. The molecule has 0 aliphatic rings. The first-order valence-corrected chi connectivity index (χ1v) is 28.5. The molecule has 1 N–H and O–H groups in total. The van der Waals surface area contributed by atoms with Crippen molar-refractivity contribution in [3.8, 4) is 0 Å². The van der Waals surface area contributed by atoms with Crippen LogP contribution in [0.3, 0.4) is 0 Å². The van der Waals surface area contributed by atoms with Crippen molar-refractivity contribution in [3.05, 3.63) is 60.8 Å². The van der Waals surface area contributed by atoms with Gasteiger partial charge in [-0.25, -0.2) is 4.57 Å². The third-order valence-electron chi connectivity index (χ3n) is 11.5. The summed E-state index contributed by atoms with van der Waals surface area (Å²) in [6.07, 6.45) is 60.0. The number of hydrogen-bond donors (Lipinski definition) is 1. The van der Waals surface area contributed by atoms with Crippen LogP contribution >= 0.6 is 7.82 Å². The summed E-state index contributed by atoms with van der Waals surface area (Å²) in [5, 5.41) is 0. The molecule has 0 aromatic heterocycles. The van der Waals surface area contributed by atoms with Crippen LogP contribution in [-0.4, -0.2) is 74.9 Å². The van der Waals surface area contributed by atoms with E-state index < -0.39 is 26.5 Å². The fourth-order valence-corrected chi connectivity index (χ4v) is 8.10. The maximum absolute atomic E-state index is 12.8. The molecule has 0 heterocycles. The number of quaternary nitrogens is 1. The van der Waals surface area contributed by atoms with Crippen LogP contribution in [0.2, 0.25) is 0 Å². The number of hydrogen-bond acceptors (Lipinski definition) is 7. The monoisotopic (exact) mass is 949 g/mol. The van der Waals surface area contributed by atoms with Crippen molar-refractivity contribution in [2.45, 2.75) is 238 Å². The Labute approximate surface area is 406 Å². The van der Waals surface area contributed by atoms with E-state index in [0.717, 1.165) is 77.0 Å². The number of unbranched alkanes of at least 4 members (excludes halogenated alkanes) is 25. The Morgan fingerprint density at radius 1 is 0.485 bits per heavy atom. The Morgan fingerprint density at radius 2 is 0.864 bits per heavy atom. The number of esters is 2. The normalized spacial score (nSPS) is 13.8. The molecule has 0 spiro atoms. The van der Waals surface area contributed by atoms with Gasteiger partial charge < -0.3 is 18.9 Å². The second kappa shape index (κ2) is 47.8. The van der Waals surface area contributed by atoms with Gasteiger partial charge in [0.15, 0.2) is 6.10 Å². The lowest BCUT2D eigenvalue weighted by atomic mass is 10.0. The third-order valence-corrected chi connectivity index (χ3v) is 12.5. The molecule has 0 amide bonds. The molecule has 9 nitrogen and oxygen atoms in total. The van der Waals surface area contributed by atoms with E-state index in [-0.39, 0.29) is 32.0 Å². The molecule has 0 aliphatic carbocycles. The smallest absolute Gasteiger partial charge is 0.462 e. The number of nitrogens with zero attached hydrogens (tertiary/aromatic N) is 1. The van der Waals surface area contributed by atoms with E-state index in [1.807, 2.05) is 21.1 Å². The zero-order valence-corrected chi connectivity index (χ0v) is 44.3. The quantitative estimate of drug-likeness (QED) is 0.0211. The lowest BCUT2D eigenvalue weighted by molar-refractivity contribution is -0.870. The molecule has 0 aromatic carbocycles. The molecule has 10 heteroatoms. The molecule has 384 valence electrons. The summed E-state index contributed by atoms with van der Waals surface area (Å²) in [6, 6.07) is 0.